The van der Waals surface area contributed by atoms with Crippen molar-refractivity contribution in [1.29, 1.82) is 0 Å². The van der Waals surface area contributed by atoms with Gasteiger partial charge in [-0.05, 0) is 65.1 Å². The molecular formula is C39H36P2. The molecule has 0 spiro atoms. The van der Waals surface area contributed by atoms with Gasteiger partial charge in [0.25, 0.3) is 0 Å². The summed E-state index contributed by atoms with van der Waals surface area (Å²) in [5, 5.41) is 8.66. The van der Waals surface area contributed by atoms with E-state index in [0.29, 0.717) is 17.8 Å². The van der Waals surface area contributed by atoms with Gasteiger partial charge in [0.05, 0.1) is 0 Å². The fourth-order valence-corrected chi connectivity index (χ4v) is 11.3. The van der Waals surface area contributed by atoms with E-state index in [1.165, 1.54) is 32.1 Å². The molecule has 41 heavy (non-hydrogen) atoms. The first kappa shape index (κ1) is 27.6. The zero-order valence-electron chi connectivity index (χ0n) is 23.7. The number of benzene rings is 5. The third kappa shape index (κ3) is 5.92. The summed E-state index contributed by atoms with van der Waals surface area (Å²) in [5.41, 5.74) is 1.49. The van der Waals surface area contributed by atoms with E-state index in [2.05, 4.69) is 178 Å². The number of allylic oxidation sites excluding steroid dienone is 4. The molecule has 2 heteroatoms. The highest BCUT2D eigenvalue weighted by molar-refractivity contribution is 7.80. The zero-order valence-corrected chi connectivity index (χ0v) is 25.5. The molecule has 0 bridgehead atoms. The summed E-state index contributed by atoms with van der Waals surface area (Å²) in [7, 11) is -1.34. The zero-order chi connectivity index (χ0) is 28.0. The van der Waals surface area contributed by atoms with Crippen LogP contribution >= 0.6 is 15.8 Å². The van der Waals surface area contributed by atoms with Crippen LogP contribution in [-0.4, -0.2) is 0 Å². The Kier molecular flexibility index (Phi) is 8.72. The molecule has 1 aliphatic rings. The van der Waals surface area contributed by atoms with E-state index in [1.54, 1.807) is 5.31 Å². The van der Waals surface area contributed by atoms with Crippen LogP contribution in [-0.2, 0) is 0 Å². The Morgan fingerprint density at radius 2 is 0.902 bits per heavy atom. The third-order valence-electron chi connectivity index (χ3n) is 7.88. The molecule has 5 aromatic rings. The Hall–Kier alpha value is -3.56. The lowest BCUT2D eigenvalue weighted by Crippen LogP contribution is -2.29. The van der Waals surface area contributed by atoms with Gasteiger partial charge in [0, 0.05) is 5.92 Å². The van der Waals surface area contributed by atoms with Crippen molar-refractivity contribution in [3.63, 3.8) is 0 Å². The van der Waals surface area contributed by atoms with E-state index < -0.39 is 15.8 Å². The molecule has 0 N–H and O–H groups in total. The summed E-state index contributed by atoms with van der Waals surface area (Å²) in [5.74, 6) is 1.18. The van der Waals surface area contributed by atoms with Gasteiger partial charge in [-0.3, -0.25) is 0 Å². The fraction of sp³-hybridized carbons (Fsp3) is 0.128. The van der Waals surface area contributed by atoms with Crippen molar-refractivity contribution in [1.82, 2.24) is 0 Å². The maximum Gasteiger partial charge on any atom is 0.0103 e. The minimum absolute atomic E-state index is 0.339. The van der Waals surface area contributed by atoms with Gasteiger partial charge in [-0.15, -0.1) is 0 Å². The molecule has 0 amide bonds. The second-order valence-corrected chi connectivity index (χ2v) is 15.2. The van der Waals surface area contributed by atoms with Crippen molar-refractivity contribution in [2.45, 2.75) is 19.8 Å². The molecule has 2 atom stereocenters. The van der Waals surface area contributed by atoms with E-state index in [1.807, 2.05) is 0 Å². The number of hydrogen-bond donors (Lipinski definition) is 0. The van der Waals surface area contributed by atoms with E-state index in [4.69, 9.17) is 0 Å². The molecule has 0 saturated heterocycles. The smallest absolute Gasteiger partial charge is 0.0103 e. The Morgan fingerprint density at radius 1 is 0.488 bits per heavy atom. The largest absolute Gasteiger partial charge is 0.0763 e. The van der Waals surface area contributed by atoms with Gasteiger partial charge in [-0.25, -0.2) is 0 Å². The van der Waals surface area contributed by atoms with E-state index >= 15 is 0 Å². The van der Waals surface area contributed by atoms with Gasteiger partial charge in [0.2, 0.25) is 0 Å². The minimum Gasteiger partial charge on any atom is -0.0763 e. The highest BCUT2D eigenvalue weighted by Crippen LogP contribution is 2.54. The summed E-state index contributed by atoms with van der Waals surface area (Å²) in [4.78, 5) is 0. The quantitative estimate of drug-likeness (QED) is 0.157. The molecule has 5 aromatic carbocycles. The predicted octanol–water partition coefficient (Wildman–Crippen LogP) is 8.39. The van der Waals surface area contributed by atoms with E-state index in [-0.39, 0.29) is 0 Å². The van der Waals surface area contributed by atoms with Gasteiger partial charge in [-0.1, -0.05) is 178 Å². The van der Waals surface area contributed by atoms with Crippen molar-refractivity contribution < 1.29 is 0 Å². The summed E-state index contributed by atoms with van der Waals surface area (Å²) >= 11 is 0. The topological polar surface area (TPSA) is 0 Å². The first-order valence-electron chi connectivity index (χ1n) is 14.5. The molecule has 0 aromatic heterocycles. The lowest BCUT2D eigenvalue weighted by molar-refractivity contribution is 0.444. The Labute approximate surface area is 248 Å². The lowest BCUT2D eigenvalue weighted by atomic mass is 9.79. The van der Waals surface area contributed by atoms with Crippen molar-refractivity contribution in [2.75, 3.05) is 0 Å². The highest BCUT2D eigenvalue weighted by Gasteiger charge is 2.36. The first-order chi connectivity index (χ1) is 20.2. The molecule has 0 aliphatic heterocycles. The fourth-order valence-electron chi connectivity index (χ4n) is 6.13. The molecular weight excluding hydrogens is 530 g/mol. The van der Waals surface area contributed by atoms with Crippen LogP contribution in [0, 0.1) is 11.8 Å². The van der Waals surface area contributed by atoms with Crippen LogP contribution in [0.1, 0.15) is 25.3 Å². The van der Waals surface area contributed by atoms with Gasteiger partial charge >= 0.3 is 0 Å². The summed E-state index contributed by atoms with van der Waals surface area (Å²) in [6.45, 7) is 4.82. The Balaban J connectivity index is 1.48. The summed E-state index contributed by atoms with van der Waals surface area (Å²) < 4.78 is 0. The molecule has 1 aliphatic carbocycles. The highest BCUT2D eigenvalue weighted by atomic mass is 31.1. The maximum atomic E-state index is 2.48. The Morgan fingerprint density at radius 3 is 1.37 bits per heavy atom. The van der Waals surface area contributed by atoms with Gasteiger partial charge in [-0.2, -0.15) is 0 Å². The second-order valence-electron chi connectivity index (χ2n) is 10.8. The minimum atomic E-state index is -0.694. The van der Waals surface area contributed by atoms with Crippen LogP contribution in [0.3, 0.4) is 0 Å². The molecule has 0 radical (unpaired) electrons. The third-order valence-corrected chi connectivity index (χ3v) is 13.0. The molecule has 0 saturated carbocycles. The van der Waals surface area contributed by atoms with Gasteiger partial charge in [0.15, 0.2) is 0 Å². The lowest BCUT2D eigenvalue weighted by Gasteiger charge is -2.35. The van der Waals surface area contributed by atoms with Gasteiger partial charge in [0.1, 0.15) is 0 Å². The van der Waals surface area contributed by atoms with Crippen molar-refractivity contribution >= 4 is 42.4 Å². The normalized spacial score (nSPS) is 15.4. The summed E-state index contributed by atoms with van der Waals surface area (Å²) in [6.07, 6.45) is 7.22. The number of rotatable bonds is 9. The van der Waals surface area contributed by atoms with Crippen molar-refractivity contribution in [3.8, 4) is 0 Å². The van der Waals surface area contributed by atoms with Crippen LogP contribution < -0.4 is 26.5 Å². The standard InChI is InChI=1S/C39H36P2/c1-30(2)39(36-27-17-29-38(36)41(33-22-11-5-12-23-33)34-24-13-6-14-25-34)35-26-15-16-28-37(35)40(31-18-7-3-8-19-31)32-20-9-4-10-21-32/h3-30,36,39H,1-2H3. The molecule has 0 fully saturated rings. The van der Waals surface area contributed by atoms with Crippen molar-refractivity contribution in [3.05, 3.63) is 175 Å². The van der Waals surface area contributed by atoms with Crippen LogP contribution in [0.4, 0.5) is 0 Å². The molecule has 202 valence electrons. The predicted molar refractivity (Wildman–Crippen MR) is 183 cm³/mol. The van der Waals surface area contributed by atoms with Crippen LogP contribution in [0.15, 0.2) is 169 Å². The average Bonchev–Trinajstić information content (AvgIpc) is 3.49. The molecule has 6 rings (SSSR count). The van der Waals surface area contributed by atoms with Crippen LogP contribution in [0.2, 0.25) is 0 Å². The second kappa shape index (κ2) is 13.0. The van der Waals surface area contributed by atoms with Crippen molar-refractivity contribution in [2.24, 2.45) is 11.8 Å². The van der Waals surface area contributed by atoms with E-state index in [0.717, 1.165) is 0 Å². The van der Waals surface area contributed by atoms with Crippen LogP contribution in [0.5, 0.6) is 0 Å². The number of hydrogen-bond acceptors (Lipinski definition) is 0. The first-order valence-corrected chi connectivity index (χ1v) is 17.2. The average molecular weight is 567 g/mol. The maximum absolute atomic E-state index is 2.48. The monoisotopic (exact) mass is 566 g/mol. The summed E-state index contributed by atoms with van der Waals surface area (Å²) in [6, 6.07) is 53.8. The molecule has 2 unspecified atom stereocenters. The molecule has 0 heterocycles. The van der Waals surface area contributed by atoms with Crippen LogP contribution in [0.25, 0.3) is 0 Å². The van der Waals surface area contributed by atoms with E-state index in [9.17, 15) is 0 Å². The SMILES string of the molecule is CC(C)C(c1ccccc1P(c1ccccc1)c1ccccc1)C1C=CC=C1P(c1ccccc1)c1ccccc1. The Bertz CT molecular complexity index is 1530. The molecule has 0 nitrogen and oxygen atoms in total. The van der Waals surface area contributed by atoms with Gasteiger partial charge < -0.3 is 0 Å².